The molecule has 0 aromatic heterocycles. The Morgan fingerprint density at radius 1 is 1.64 bits per heavy atom. The van der Waals surface area contributed by atoms with Crippen LogP contribution in [0.2, 0.25) is 5.02 Å². The van der Waals surface area contributed by atoms with Crippen molar-refractivity contribution in [1.29, 1.82) is 0 Å². The number of primary amides is 1. The van der Waals surface area contributed by atoms with E-state index in [4.69, 9.17) is 17.3 Å². The van der Waals surface area contributed by atoms with Crippen LogP contribution in [0.3, 0.4) is 0 Å². The summed E-state index contributed by atoms with van der Waals surface area (Å²) in [5, 5.41) is 3.78. The minimum atomic E-state index is -0.816. The number of hydrogen-bond donors (Lipinski definition) is 2. The Labute approximate surface area is 84.5 Å². The lowest BCUT2D eigenvalue weighted by Crippen LogP contribution is -2.24. The molecule has 0 fully saturated rings. The second-order valence-corrected chi connectivity index (χ2v) is 2.84. The average Bonchev–Trinajstić information content (AvgIpc) is 2.10. The molecule has 0 unspecified atom stereocenters. The second-order valence-electron chi connectivity index (χ2n) is 2.40. The second kappa shape index (κ2) is 4.57. The molecule has 6 heteroatoms. The van der Waals surface area contributed by atoms with Crippen LogP contribution >= 0.6 is 11.6 Å². The summed E-state index contributed by atoms with van der Waals surface area (Å²) >= 11 is 5.62. The quantitative estimate of drug-likeness (QED) is 0.570. The summed E-state index contributed by atoms with van der Waals surface area (Å²) in [6, 6.07) is 3.18. The molecule has 3 N–H and O–H groups in total. The van der Waals surface area contributed by atoms with Crippen LogP contribution in [0.1, 0.15) is 5.56 Å². The molecule has 0 aliphatic heterocycles. The number of benzene rings is 1. The number of hydrazone groups is 1. The fourth-order valence-electron chi connectivity index (χ4n) is 0.779. The van der Waals surface area contributed by atoms with Gasteiger partial charge < -0.3 is 5.73 Å². The molecule has 0 saturated heterocycles. The summed E-state index contributed by atoms with van der Waals surface area (Å²) in [4.78, 5) is 10.2. The maximum atomic E-state index is 13.0. The Morgan fingerprint density at radius 3 is 3.00 bits per heavy atom. The van der Waals surface area contributed by atoms with E-state index in [0.717, 1.165) is 6.21 Å². The van der Waals surface area contributed by atoms with Gasteiger partial charge in [0.15, 0.2) is 0 Å². The summed E-state index contributed by atoms with van der Waals surface area (Å²) in [6.45, 7) is 0. The minimum Gasteiger partial charge on any atom is -0.350 e. The van der Waals surface area contributed by atoms with E-state index >= 15 is 0 Å². The fourth-order valence-corrected chi connectivity index (χ4v) is 0.960. The zero-order valence-corrected chi connectivity index (χ0v) is 7.75. The van der Waals surface area contributed by atoms with Gasteiger partial charge in [0.25, 0.3) is 0 Å². The molecule has 14 heavy (non-hydrogen) atoms. The number of carbonyl (C=O) groups is 1. The Hall–Kier alpha value is -1.62. The molecule has 0 aliphatic carbocycles. The lowest BCUT2D eigenvalue weighted by Gasteiger charge is -1.96. The summed E-state index contributed by atoms with van der Waals surface area (Å²) in [6.07, 6.45) is 1.12. The van der Waals surface area contributed by atoms with Gasteiger partial charge in [-0.15, -0.1) is 0 Å². The SMILES string of the molecule is NC(=O)NN=Cc1cc(Cl)ccc1F. The van der Waals surface area contributed by atoms with E-state index in [2.05, 4.69) is 5.10 Å². The van der Waals surface area contributed by atoms with Crippen molar-refractivity contribution in [2.45, 2.75) is 0 Å². The van der Waals surface area contributed by atoms with Crippen LogP contribution in [0.5, 0.6) is 0 Å². The average molecular weight is 216 g/mol. The highest BCUT2D eigenvalue weighted by Gasteiger charge is 1.99. The first-order valence-electron chi connectivity index (χ1n) is 3.63. The summed E-state index contributed by atoms with van der Waals surface area (Å²) in [5.41, 5.74) is 6.85. The van der Waals surface area contributed by atoms with Gasteiger partial charge in [-0.05, 0) is 18.2 Å². The summed E-state index contributed by atoms with van der Waals surface area (Å²) < 4.78 is 13.0. The van der Waals surface area contributed by atoms with Gasteiger partial charge in [-0.1, -0.05) is 11.6 Å². The van der Waals surface area contributed by atoms with Crippen molar-refractivity contribution < 1.29 is 9.18 Å². The third-order valence-corrected chi connectivity index (χ3v) is 1.57. The molecular weight excluding hydrogens is 209 g/mol. The van der Waals surface area contributed by atoms with Crippen LogP contribution in [-0.2, 0) is 0 Å². The van der Waals surface area contributed by atoms with Crippen LogP contribution in [-0.4, -0.2) is 12.2 Å². The number of urea groups is 1. The number of carbonyl (C=O) groups excluding carboxylic acids is 1. The number of halogens is 2. The maximum Gasteiger partial charge on any atom is 0.332 e. The van der Waals surface area contributed by atoms with Crippen molar-refractivity contribution in [1.82, 2.24) is 5.43 Å². The Balaban J connectivity index is 2.80. The standard InChI is InChI=1S/C8H7ClFN3O/c9-6-1-2-7(10)5(3-6)4-12-13-8(11)14/h1-4H,(H3,11,13,14). The first kappa shape index (κ1) is 10.5. The summed E-state index contributed by atoms with van der Waals surface area (Å²) in [5.74, 6) is -0.482. The normalized spacial score (nSPS) is 10.4. The zero-order valence-electron chi connectivity index (χ0n) is 7.00. The van der Waals surface area contributed by atoms with Crippen molar-refractivity contribution in [3.05, 3.63) is 34.6 Å². The van der Waals surface area contributed by atoms with Gasteiger partial charge in [-0.3, -0.25) is 0 Å². The third kappa shape index (κ3) is 3.02. The molecule has 0 spiro atoms. The first-order chi connectivity index (χ1) is 6.59. The lowest BCUT2D eigenvalue weighted by molar-refractivity contribution is 0.249. The minimum absolute atomic E-state index is 0.172. The molecule has 4 nitrogen and oxygen atoms in total. The van der Waals surface area contributed by atoms with E-state index in [-0.39, 0.29) is 5.56 Å². The third-order valence-electron chi connectivity index (χ3n) is 1.34. The number of nitrogens with zero attached hydrogens (tertiary/aromatic N) is 1. The van der Waals surface area contributed by atoms with Gasteiger partial charge in [-0.2, -0.15) is 5.10 Å². The highest BCUT2D eigenvalue weighted by molar-refractivity contribution is 6.30. The smallest absolute Gasteiger partial charge is 0.332 e. The van der Waals surface area contributed by atoms with E-state index in [0.29, 0.717) is 5.02 Å². The molecule has 1 rings (SSSR count). The molecule has 0 atom stereocenters. The van der Waals surface area contributed by atoms with Gasteiger partial charge in [0.05, 0.1) is 6.21 Å². The fraction of sp³-hybridized carbons (Fsp3) is 0. The Bertz CT molecular complexity index is 381. The molecule has 0 radical (unpaired) electrons. The molecule has 1 aromatic rings. The van der Waals surface area contributed by atoms with Gasteiger partial charge in [0.1, 0.15) is 5.82 Å². The number of rotatable bonds is 2. The molecule has 0 heterocycles. The van der Waals surface area contributed by atoms with Crippen LogP contribution < -0.4 is 11.2 Å². The predicted molar refractivity (Wildman–Crippen MR) is 51.7 cm³/mol. The molecule has 1 aromatic carbocycles. The van der Waals surface area contributed by atoms with Gasteiger partial charge >= 0.3 is 6.03 Å². The van der Waals surface area contributed by atoms with E-state index in [1.165, 1.54) is 18.2 Å². The molecule has 2 amide bonds. The molecule has 0 bridgehead atoms. The van der Waals surface area contributed by atoms with Crippen molar-refractivity contribution in [3.63, 3.8) is 0 Å². The monoisotopic (exact) mass is 215 g/mol. The van der Waals surface area contributed by atoms with Crippen molar-refractivity contribution >= 4 is 23.8 Å². The van der Waals surface area contributed by atoms with E-state index < -0.39 is 11.8 Å². The topological polar surface area (TPSA) is 67.5 Å². The largest absolute Gasteiger partial charge is 0.350 e. The van der Waals surface area contributed by atoms with E-state index in [9.17, 15) is 9.18 Å². The Kier molecular flexibility index (Phi) is 3.41. The Morgan fingerprint density at radius 2 is 2.36 bits per heavy atom. The molecular formula is C8H7ClFN3O. The van der Waals surface area contributed by atoms with E-state index in [1.807, 2.05) is 5.43 Å². The summed E-state index contributed by atoms with van der Waals surface area (Å²) in [7, 11) is 0. The zero-order chi connectivity index (χ0) is 10.6. The first-order valence-corrected chi connectivity index (χ1v) is 4.01. The van der Waals surface area contributed by atoms with Gasteiger partial charge in [0.2, 0.25) is 0 Å². The van der Waals surface area contributed by atoms with Gasteiger partial charge in [0, 0.05) is 10.6 Å². The van der Waals surface area contributed by atoms with Crippen LogP contribution in [0, 0.1) is 5.82 Å². The number of nitrogens with one attached hydrogen (secondary N) is 1. The van der Waals surface area contributed by atoms with Crippen LogP contribution in [0.25, 0.3) is 0 Å². The maximum absolute atomic E-state index is 13.0. The highest BCUT2D eigenvalue weighted by Crippen LogP contribution is 2.12. The predicted octanol–water partition coefficient (Wildman–Crippen LogP) is 1.48. The number of amides is 2. The number of nitrogens with two attached hydrogens (primary N) is 1. The molecule has 74 valence electrons. The van der Waals surface area contributed by atoms with Gasteiger partial charge in [-0.25, -0.2) is 14.6 Å². The van der Waals surface area contributed by atoms with E-state index in [1.54, 1.807) is 0 Å². The van der Waals surface area contributed by atoms with Crippen molar-refractivity contribution in [2.24, 2.45) is 10.8 Å². The highest BCUT2D eigenvalue weighted by atomic mass is 35.5. The van der Waals surface area contributed by atoms with Crippen LogP contribution in [0.4, 0.5) is 9.18 Å². The van der Waals surface area contributed by atoms with Crippen LogP contribution in [0.15, 0.2) is 23.3 Å². The van der Waals surface area contributed by atoms with Crippen molar-refractivity contribution in [3.8, 4) is 0 Å². The molecule has 0 aliphatic rings. The number of hydrogen-bond acceptors (Lipinski definition) is 2. The lowest BCUT2D eigenvalue weighted by atomic mass is 10.2. The van der Waals surface area contributed by atoms with Crippen molar-refractivity contribution in [2.75, 3.05) is 0 Å². The molecule has 0 saturated carbocycles.